The van der Waals surface area contributed by atoms with Gasteiger partial charge in [-0.3, -0.25) is 4.57 Å². The number of rotatable bonds is 1. The largest absolute Gasteiger partial charge is 0.326 e. The van der Waals surface area contributed by atoms with Crippen LogP contribution in [0.5, 0.6) is 0 Å². The van der Waals surface area contributed by atoms with Gasteiger partial charge in [-0.1, -0.05) is 30.5 Å². The number of nitrogens with zero attached hydrogens (tertiary/aromatic N) is 1. The summed E-state index contributed by atoms with van der Waals surface area (Å²) in [4.78, 5) is 14.8. The Hall–Kier alpha value is -1.22. The highest BCUT2D eigenvalue weighted by Gasteiger charge is 2.21. The SMILES string of the molecule is O=c1[nH]c2c(Cl)cccc2n1C1CCCC1. The van der Waals surface area contributed by atoms with Gasteiger partial charge in [0.2, 0.25) is 0 Å². The average molecular weight is 237 g/mol. The molecule has 0 atom stereocenters. The molecule has 0 saturated heterocycles. The summed E-state index contributed by atoms with van der Waals surface area (Å²) in [5.41, 5.74) is 1.67. The molecule has 0 bridgehead atoms. The molecule has 3 nitrogen and oxygen atoms in total. The fourth-order valence-corrected chi connectivity index (χ4v) is 2.86. The molecule has 1 heterocycles. The Kier molecular flexibility index (Phi) is 2.28. The number of hydrogen-bond donors (Lipinski definition) is 1. The summed E-state index contributed by atoms with van der Waals surface area (Å²) in [5, 5.41) is 0.617. The molecule has 4 heteroatoms. The highest BCUT2D eigenvalue weighted by Crippen LogP contribution is 2.31. The third-order valence-electron chi connectivity index (χ3n) is 3.39. The summed E-state index contributed by atoms with van der Waals surface area (Å²) >= 11 is 6.07. The maximum absolute atomic E-state index is 11.9. The highest BCUT2D eigenvalue weighted by molar-refractivity contribution is 6.34. The van der Waals surface area contributed by atoms with Gasteiger partial charge in [-0.2, -0.15) is 0 Å². The fourth-order valence-electron chi connectivity index (χ4n) is 2.64. The summed E-state index contributed by atoms with van der Waals surface area (Å²) in [7, 11) is 0. The monoisotopic (exact) mass is 236 g/mol. The molecule has 1 aliphatic rings. The van der Waals surface area contributed by atoms with Crippen molar-refractivity contribution in [2.75, 3.05) is 0 Å². The lowest BCUT2D eigenvalue weighted by Gasteiger charge is -2.10. The minimum absolute atomic E-state index is 0.0324. The maximum Gasteiger partial charge on any atom is 0.326 e. The second-order valence-electron chi connectivity index (χ2n) is 4.37. The molecule has 1 aromatic heterocycles. The first-order valence-electron chi connectivity index (χ1n) is 5.66. The van der Waals surface area contributed by atoms with Gasteiger partial charge in [0.05, 0.1) is 16.1 Å². The number of nitrogens with one attached hydrogen (secondary N) is 1. The Morgan fingerprint density at radius 2 is 2.06 bits per heavy atom. The normalized spacial score (nSPS) is 17.3. The number of imidazole rings is 1. The third-order valence-corrected chi connectivity index (χ3v) is 3.71. The van der Waals surface area contributed by atoms with Crippen LogP contribution < -0.4 is 5.69 Å². The second kappa shape index (κ2) is 3.67. The molecule has 1 N–H and O–H groups in total. The lowest BCUT2D eigenvalue weighted by Crippen LogP contribution is -2.20. The second-order valence-corrected chi connectivity index (χ2v) is 4.78. The first-order valence-corrected chi connectivity index (χ1v) is 6.04. The zero-order valence-corrected chi connectivity index (χ0v) is 9.63. The first-order chi connectivity index (χ1) is 7.77. The quantitative estimate of drug-likeness (QED) is 0.812. The predicted octanol–water partition coefficient (Wildman–Crippen LogP) is 3.10. The average Bonchev–Trinajstić information content (AvgIpc) is 2.85. The van der Waals surface area contributed by atoms with E-state index in [2.05, 4.69) is 4.98 Å². The van der Waals surface area contributed by atoms with E-state index in [4.69, 9.17) is 11.6 Å². The van der Waals surface area contributed by atoms with E-state index < -0.39 is 0 Å². The zero-order valence-electron chi connectivity index (χ0n) is 8.87. The smallest absolute Gasteiger partial charge is 0.304 e. The molecule has 0 radical (unpaired) electrons. The molecule has 1 aromatic carbocycles. The van der Waals surface area contributed by atoms with Gasteiger partial charge in [0, 0.05) is 6.04 Å². The van der Waals surface area contributed by atoms with Crippen molar-refractivity contribution in [2.45, 2.75) is 31.7 Å². The maximum atomic E-state index is 11.9. The van der Waals surface area contributed by atoms with E-state index in [0.717, 1.165) is 23.9 Å². The van der Waals surface area contributed by atoms with Crippen LogP contribution in [0.2, 0.25) is 5.02 Å². The van der Waals surface area contributed by atoms with Gasteiger partial charge in [-0.25, -0.2) is 4.79 Å². The lowest BCUT2D eigenvalue weighted by atomic mass is 10.2. The van der Waals surface area contributed by atoms with Crippen LogP contribution >= 0.6 is 11.6 Å². The summed E-state index contributed by atoms with van der Waals surface area (Å²) in [5.74, 6) is 0. The summed E-state index contributed by atoms with van der Waals surface area (Å²) < 4.78 is 1.87. The van der Waals surface area contributed by atoms with Crippen molar-refractivity contribution >= 4 is 22.6 Å². The molecule has 2 aromatic rings. The van der Waals surface area contributed by atoms with E-state index in [9.17, 15) is 4.79 Å². The Labute approximate surface area is 98.0 Å². The van der Waals surface area contributed by atoms with Gasteiger partial charge >= 0.3 is 5.69 Å². The van der Waals surface area contributed by atoms with Crippen LogP contribution in [0.15, 0.2) is 23.0 Å². The Balaban J connectivity index is 2.27. The van der Waals surface area contributed by atoms with Crippen molar-refractivity contribution in [3.8, 4) is 0 Å². The van der Waals surface area contributed by atoms with E-state index in [-0.39, 0.29) is 5.69 Å². The molecule has 16 heavy (non-hydrogen) atoms. The molecule has 1 fully saturated rings. The van der Waals surface area contributed by atoms with Crippen molar-refractivity contribution in [3.05, 3.63) is 33.7 Å². The van der Waals surface area contributed by atoms with E-state index in [1.165, 1.54) is 12.8 Å². The van der Waals surface area contributed by atoms with Crippen molar-refractivity contribution in [2.24, 2.45) is 0 Å². The van der Waals surface area contributed by atoms with Crippen LogP contribution in [0, 0.1) is 0 Å². The number of aromatic amines is 1. The molecule has 0 spiro atoms. The van der Waals surface area contributed by atoms with E-state index in [1.807, 2.05) is 16.7 Å². The Bertz CT molecular complexity index is 578. The molecular weight excluding hydrogens is 224 g/mol. The number of fused-ring (bicyclic) bond motifs is 1. The Morgan fingerprint density at radius 3 is 2.81 bits per heavy atom. The predicted molar refractivity (Wildman–Crippen MR) is 65.1 cm³/mol. The van der Waals surface area contributed by atoms with Gasteiger partial charge < -0.3 is 4.98 Å². The van der Waals surface area contributed by atoms with Crippen LogP contribution in [0.25, 0.3) is 11.0 Å². The van der Waals surface area contributed by atoms with Gasteiger partial charge in [0.1, 0.15) is 0 Å². The zero-order chi connectivity index (χ0) is 11.1. The van der Waals surface area contributed by atoms with Crippen LogP contribution in [-0.2, 0) is 0 Å². The topological polar surface area (TPSA) is 37.8 Å². The number of hydrogen-bond acceptors (Lipinski definition) is 1. The van der Waals surface area contributed by atoms with Gasteiger partial charge in [-0.05, 0) is 25.0 Å². The number of H-pyrrole nitrogens is 1. The van der Waals surface area contributed by atoms with Crippen molar-refractivity contribution in [1.82, 2.24) is 9.55 Å². The number of benzene rings is 1. The number of halogens is 1. The first kappa shape index (κ1) is 9.97. The van der Waals surface area contributed by atoms with E-state index >= 15 is 0 Å². The third kappa shape index (κ3) is 1.39. The van der Waals surface area contributed by atoms with E-state index in [1.54, 1.807) is 6.07 Å². The summed E-state index contributed by atoms with van der Waals surface area (Å²) in [6, 6.07) is 6.00. The molecule has 1 saturated carbocycles. The molecule has 0 amide bonds. The summed E-state index contributed by atoms with van der Waals surface area (Å²) in [6.45, 7) is 0. The minimum Gasteiger partial charge on any atom is -0.304 e. The molecule has 0 unspecified atom stereocenters. The number of aromatic nitrogens is 2. The van der Waals surface area contributed by atoms with Crippen molar-refractivity contribution < 1.29 is 0 Å². The number of para-hydroxylation sites is 1. The molecule has 84 valence electrons. The Morgan fingerprint density at radius 1 is 1.31 bits per heavy atom. The molecule has 1 aliphatic carbocycles. The lowest BCUT2D eigenvalue weighted by molar-refractivity contribution is 0.518. The van der Waals surface area contributed by atoms with Crippen molar-refractivity contribution in [3.63, 3.8) is 0 Å². The fraction of sp³-hybridized carbons (Fsp3) is 0.417. The van der Waals surface area contributed by atoms with Crippen LogP contribution in [-0.4, -0.2) is 9.55 Å². The molecular formula is C12H13ClN2O. The van der Waals surface area contributed by atoms with E-state index in [0.29, 0.717) is 11.1 Å². The summed E-state index contributed by atoms with van der Waals surface area (Å²) in [6.07, 6.45) is 4.62. The molecule has 3 rings (SSSR count). The minimum atomic E-state index is -0.0324. The highest BCUT2D eigenvalue weighted by atomic mass is 35.5. The van der Waals surface area contributed by atoms with Gasteiger partial charge in [0.25, 0.3) is 0 Å². The van der Waals surface area contributed by atoms with Crippen molar-refractivity contribution in [1.29, 1.82) is 0 Å². The van der Waals surface area contributed by atoms with Crippen LogP contribution in [0.4, 0.5) is 0 Å². The molecule has 0 aliphatic heterocycles. The van der Waals surface area contributed by atoms with Gasteiger partial charge in [-0.15, -0.1) is 0 Å². The van der Waals surface area contributed by atoms with Crippen LogP contribution in [0.3, 0.4) is 0 Å². The van der Waals surface area contributed by atoms with Crippen LogP contribution in [0.1, 0.15) is 31.7 Å². The van der Waals surface area contributed by atoms with Gasteiger partial charge in [0.15, 0.2) is 0 Å². The standard InChI is InChI=1S/C12H13ClN2O/c13-9-6-3-7-10-11(9)14-12(16)15(10)8-4-1-2-5-8/h3,6-8H,1-2,4-5H2,(H,14,16).